The van der Waals surface area contributed by atoms with Gasteiger partial charge in [0.2, 0.25) is 0 Å². The first kappa shape index (κ1) is 17.0. The summed E-state index contributed by atoms with van der Waals surface area (Å²) in [6, 6.07) is 15.9. The van der Waals surface area contributed by atoms with Gasteiger partial charge in [0.25, 0.3) is 0 Å². The van der Waals surface area contributed by atoms with Crippen LogP contribution in [0.1, 0.15) is 18.1 Å². The van der Waals surface area contributed by atoms with Crippen molar-refractivity contribution in [1.29, 1.82) is 0 Å². The van der Waals surface area contributed by atoms with Crippen LogP contribution < -0.4 is 5.32 Å². The van der Waals surface area contributed by atoms with Gasteiger partial charge in [-0.15, -0.1) is 0 Å². The lowest BCUT2D eigenvalue weighted by molar-refractivity contribution is -0.144. The summed E-state index contributed by atoms with van der Waals surface area (Å²) in [5, 5.41) is 11.9. The number of amides is 1. The number of ether oxygens (including phenoxy) is 1. The van der Waals surface area contributed by atoms with E-state index in [1.807, 2.05) is 30.3 Å². The van der Waals surface area contributed by atoms with Crippen LogP contribution in [-0.2, 0) is 21.7 Å². The van der Waals surface area contributed by atoms with Crippen LogP contribution >= 0.6 is 15.9 Å². The van der Waals surface area contributed by atoms with E-state index in [9.17, 15) is 14.7 Å². The van der Waals surface area contributed by atoms with Gasteiger partial charge in [-0.05, 0) is 30.2 Å². The molecule has 0 saturated carbocycles. The number of carboxylic acid groups (broad SMARTS) is 1. The van der Waals surface area contributed by atoms with Gasteiger partial charge in [0.15, 0.2) is 5.54 Å². The van der Waals surface area contributed by atoms with E-state index in [0.717, 1.165) is 10.0 Å². The summed E-state index contributed by atoms with van der Waals surface area (Å²) in [5.41, 5.74) is -0.303. The van der Waals surface area contributed by atoms with Gasteiger partial charge in [-0.2, -0.15) is 0 Å². The molecule has 1 unspecified atom stereocenters. The highest BCUT2D eigenvalue weighted by Gasteiger charge is 2.37. The molecule has 0 aliphatic heterocycles. The molecule has 0 radical (unpaired) electrons. The van der Waals surface area contributed by atoms with Crippen molar-refractivity contribution >= 4 is 28.0 Å². The summed E-state index contributed by atoms with van der Waals surface area (Å²) >= 11 is 3.29. The molecule has 0 aromatic heterocycles. The molecule has 2 aromatic rings. The molecule has 0 saturated heterocycles. The van der Waals surface area contributed by atoms with Gasteiger partial charge in [-0.25, -0.2) is 9.59 Å². The second kappa shape index (κ2) is 7.28. The molecule has 0 aliphatic rings. The van der Waals surface area contributed by atoms with Crippen LogP contribution in [0.5, 0.6) is 0 Å². The Morgan fingerprint density at radius 2 is 1.74 bits per heavy atom. The van der Waals surface area contributed by atoms with Crippen LogP contribution in [0.25, 0.3) is 0 Å². The van der Waals surface area contributed by atoms with Gasteiger partial charge in [0.1, 0.15) is 6.61 Å². The van der Waals surface area contributed by atoms with Crippen molar-refractivity contribution in [3.05, 3.63) is 70.2 Å². The molecule has 120 valence electrons. The Morgan fingerprint density at radius 1 is 1.13 bits per heavy atom. The molecule has 23 heavy (non-hydrogen) atoms. The average molecular weight is 378 g/mol. The molecule has 0 heterocycles. The van der Waals surface area contributed by atoms with E-state index in [-0.39, 0.29) is 6.61 Å². The van der Waals surface area contributed by atoms with Crippen molar-refractivity contribution in [2.75, 3.05) is 0 Å². The van der Waals surface area contributed by atoms with Gasteiger partial charge in [0, 0.05) is 4.47 Å². The fourth-order valence-electron chi connectivity index (χ4n) is 2.00. The van der Waals surface area contributed by atoms with Crippen LogP contribution in [-0.4, -0.2) is 17.2 Å². The third-order valence-electron chi connectivity index (χ3n) is 3.41. The number of aliphatic carboxylic acids is 1. The highest BCUT2D eigenvalue weighted by atomic mass is 79.9. The number of carbonyl (C=O) groups excluding carboxylic acids is 1. The summed E-state index contributed by atoms with van der Waals surface area (Å²) in [7, 11) is 0. The molecule has 1 amide bonds. The molecule has 0 spiro atoms. The molecule has 1 atom stereocenters. The van der Waals surface area contributed by atoms with Crippen LogP contribution in [0, 0.1) is 0 Å². The number of alkyl carbamates (subject to hydrolysis) is 1. The maximum absolute atomic E-state index is 12.0. The lowest BCUT2D eigenvalue weighted by Gasteiger charge is -2.26. The molecule has 2 rings (SSSR count). The standard InChI is InChI=1S/C17H16BrNO4/c1-17(15(20)21,13-7-9-14(18)10-8-13)19-16(22)23-11-12-5-3-2-4-6-12/h2-10H,11H2,1H3,(H,19,22)(H,20,21). The third kappa shape index (κ3) is 4.32. The number of carboxylic acids is 1. The predicted octanol–water partition coefficient (Wildman–Crippen LogP) is 3.68. The van der Waals surface area contributed by atoms with Crippen LogP contribution in [0.2, 0.25) is 0 Å². The number of benzene rings is 2. The smallest absolute Gasteiger partial charge is 0.408 e. The van der Waals surface area contributed by atoms with Gasteiger partial charge in [-0.3, -0.25) is 0 Å². The minimum absolute atomic E-state index is 0.0721. The first-order chi connectivity index (χ1) is 10.9. The normalized spacial score (nSPS) is 13.0. The summed E-state index contributed by atoms with van der Waals surface area (Å²) in [4.78, 5) is 23.6. The van der Waals surface area contributed by atoms with Gasteiger partial charge >= 0.3 is 12.1 Å². The third-order valence-corrected chi connectivity index (χ3v) is 3.94. The van der Waals surface area contributed by atoms with Gasteiger partial charge < -0.3 is 15.2 Å². The SMILES string of the molecule is CC(NC(=O)OCc1ccccc1)(C(=O)O)c1ccc(Br)cc1. The summed E-state index contributed by atoms with van der Waals surface area (Å²) in [6.45, 7) is 1.49. The van der Waals surface area contributed by atoms with Crippen molar-refractivity contribution < 1.29 is 19.4 Å². The maximum Gasteiger partial charge on any atom is 0.408 e. The number of carbonyl (C=O) groups is 2. The Labute approximate surface area is 142 Å². The Balaban J connectivity index is 2.08. The number of nitrogens with one attached hydrogen (secondary N) is 1. The van der Waals surface area contributed by atoms with Crippen molar-refractivity contribution in [3.8, 4) is 0 Å². The van der Waals surface area contributed by atoms with Crippen LogP contribution in [0.4, 0.5) is 4.79 Å². The fraction of sp³-hybridized carbons (Fsp3) is 0.176. The van der Waals surface area contributed by atoms with E-state index in [1.54, 1.807) is 24.3 Å². The second-order valence-corrected chi connectivity index (χ2v) is 6.04. The van der Waals surface area contributed by atoms with Crippen molar-refractivity contribution in [2.24, 2.45) is 0 Å². The number of rotatable bonds is 5. The molecule has 6 heteroatoms. The summed E-state index contributed by atoms with van der Waals surface area (Å²) in [6.07, 6.45) is -0.790. The first-order valence-electron chi connectivity index (χ1n) is 6.90. The average Bonchev–Trinajstić information content (AvgIpc) is 2.54. The van der Waals surface area contributed by atoms with E-state index < -0.39 is 17.6 Å². The lowest BCUT2D eigenvalue weighted by Crippen LogP contribution is -2.49. The Hall–Kier alpha value is -2.34. The number of halogens is 1. The summed E-state index contributed by atoms with van der Waals surface area (Å²) in [5.74, 6) is -1.17. The second-order valence-electron chi connectivity index (χ2n) is 5.12. The molecule has 5 nitrogen and oxygen atoms in total. The molecular formula is C17H16BrNO4. The largest absolute Gasteiger partial charge is 0.479 e. The van der Waals surface area contributed by atoms with E-state index >= 15 is 0 Å². The summed E-state index contributed by atoms with van der Waals surface area (Å²) < 4.78 is 5.92. The zero-order valence-corrected chi connectivity index (χ0v) is 14.0. The molecule has 2 aromatic carbocycles. The van der Waals surface area contributed by atoms with Crippen molar-refractivity contribution in [2.45, 2.75) is 19.1 Å². The molecule has 2 N–H and O–H groups in total. The first-order valence-corrected chi connectivity index (χ1v) is 7.69. The highest BCUT2D eigenvalue weighted by molar-refractivity contribution is 9.10. The van der Waals surface area contributed by atoms with Crippen LogP contribution in [0.3, 0.4) is 0 Å². The topological polar surface area (TPSA) is 75.6 Å². The van der Waals surface area contributed by atoms with Gasteiger partial charge in [0.05, 0.1) is 0 Å². The molecule has 0 bridgehead atoms. The Kier molecular flexibility index (Phi) is 5.39. The minimum Gasteiger partial charge on any atom is -0.479 e. The lowest BCUT2D eigenvalue weighted by atomic mass is 9.92. The Bertz CT molecular complexity index is 687. The van der Waals surface area contributed by atoms with E-state index in [2.05, 4.69) is 21.2 Å². The number of hydrogen-bond acceptors (Lipinski definition) is 3. The zero-order valence-electron chi connectivity index (χ0n) is 12.5. The minimum atomic E-state index is -1.57. The maximum atomic E-state index is 12.0. The monoisotopic (exact) mass is 377 g/mol. The van der Waals surface area contributed by atoms with E-state index in [1.165, 1.54) is 6.92 Å². The number of hydrogen-bond donors (Lipinski definition) is 2. The predicted molar refractivity (Wildman–Crippen MR) is 88.9 cm³/mol. The molecule has 0 aliphatic carbocycles. The quantitative estimate of drug-likeness (QED) is 0.833. The van der Waals surface area contributed by atoms with E-state index in [4.69, 9.17) is 4.74 Å². The Morgan fingerprint density at radius 3 is 2.30 bits per heavy atom. The van der Waals surface area contributed by atoms with E-state index in [0.29, 0.717) is 5.56 Å². The van der Waals surface area contributed by atoms with Gasteiger partial charge in [-0.1, -0.05) is 58.4 Å². The molecule has 0 fully saturated rings. The molecular weight excluding hydrogens is 362 g/mol. The fourth-order valence-corrected chi connectivity index (χ4v) is 2.26. The van der Waals surface area contributed by atoms with Crippen LogP contribution in [0.15, 0.2) is 59.1 Å². The van der Waals surface area contributed by atoms with Crippen molar-refractivity contribution in [3.63, 3.8) is 0 Å². The van der Waals surface area contributed by atoms with Crippen molar-refractivity contribution in [1.82, 2.24) is 5.32 Å². The highest BCUT2D eigenvalue weighted by Crippen LogP contribution is 2.23. The zero-order chi connectivity index (χ0) is 16.9.